The van der Waals surface area contributed by atoms with Crippen molar-refractivity contribution in [1.82, 2.24) is 0 Å². The van der Waals surface area contributed by atoms with Crippen LogP contribution in [0.25, 0.3) is 5.57 Å². The smallest absolute Gasteiger partial charge is 0.186 e. The molecule has 0 amide bonds. The van der Waals surface area contributed by atoms with Gasteiger partial charge in [-0.2, -0.15) is 5.26 Å². The molecular weight excluding hydrogens is 294 g/mol. The number of allylic oxidation sites excluding steroid dienone is 1. The minimum absolute atomic E-state index is 0.0813. The van der Waals surface area contributed by atoms with Crippen molar-refractivity contribution < 1.29 is 4.79 Å². The van der Waals surface area contributed by atoms with Crippen LogP contribution in [0.3, 0.4) is 0 Å². The van der Waals surface area contributed by atoms with E-state index in [0.29, 0.717) is 11.1 Å². The van der Waals surface area contributed by atoms with Gasteiger partial charge in [0.1, 0.15) is 0 Å². The van der Waals surface area contributed by atoms with E-state index in [9.17, 15) is 10.1 Å². The lowest BCUT2D eigenvalue weighted by Crippen LogP contribution is -1.99. The highest BCUT2D eigenvalue weighted by Gasteiger charge is 2.12. The van der Waals surface area contributed by atoms with Gasteiger partial charge in [0, 0.05) is 11.1 Å². The fraction of sp³-hybridized carbons (Fsp3) is 0. The molecule has 3 rings (SSSR count). The number of rotatable bonds is 4. The topological polar surface area (TPSA) is 40.9 Å². The Bertz CT molecular complexity index is 919. The summed E-state index contributed by atoms with van der Waals surface area (Å²) in [6, 6.07) is 28.3. The maximum Gasteiger partial charge on any atom is 0.186 e. The Morgan fingerprint density at radius 1 is 0.750 bits per heavy atom. The van der Waals surface area contributed by atoms with Gasteiger partial charge in [-0.1, -0.05) is 78.9 Å². The summed E-state index contributed by atoms with van der Waals surface area (Å²) in [7, 11) is 0. The minimum Gasteiger partial charge on any atom is -0.289 e. The third kappa shape index (κ3) is 3.31. The number of carbonyl (C=O) groups excluding carboxylic acids is 1. The third-order valence-electron chi connectivity index (χ3n) is 3.76. The van der Waals surface area contributed by atoms with Crippen LogP contribution in [0, 0.1) is 11.3 Å². The predicted octanol–water partition coefficient (Wildman–Crippen LogP) is 4.87. The highest BCUT2D eigenvalue weighted by molar-refractivity contribution is 6.10. The fourth-order valence-electron chi connectivity index (χ4n) is 2.57. The van der Waals surface area contributed by atoms with Gasteiger partial charge in [0.2, 0.25) is 0 Å². The van der Waals surface area contributed by atoms with Crippen molar-refractivity contribution in [2.75, 3.05) is 0 Å². The molecule has 0 atom stereocenters. The van der Waals surface area contributed by atoms with E-state index in [1.807, 2.05) is 66.7 Å². The molecule has 0 unspecified atom stereocenters. The van der Waals surface area contributed by atoms with E-state index in [-0.39, 0.29) is 5.78 Å². The van der Waals surface area contributed by atoms with Gasteiger partial charge in [-0.15, -0.1) is 0 Å². The number of ketones is 1. The summed E-state index contributed by atoms with van der Waals surface area (Å²) < 4.78 is 0. The van der Waals surface area contributed by atoms with Gasteiger partial charge >= 0.3 is 0 Å². The molecule has 0 aliphatic rings. The summed E-state index contributed by atoms with van der Waals surface area (Å²) in [5.74, 6) is -0.0813. The van der Waals surface area contributed by atoms with E-state index in [2.05, 4.69) is 6.07 Å². The molecule has 0 spiro atoms. The fourth-order valence-corrected chi connectivity index (χ4v) is 2.57. The Morgan fingerprint density at radius 3 is 1.92 bits per heavy atom. The van der Waals surface area contributed by atoms with Crippen LogP contribution in [0.15, 0.2) is 91.0 Å². The Morgan fingerprint density at radius 2 is 1.29 bits per heavy atom. The Balaban J connectivity index is 2.15. The Kier molecular flexibility index (Phi) is 4.65. The van der Waals surface area contributed by atoms with Crippen molar-refractivity contribution in [3.8, 4) is 6.07 Å². The normalized spacial score (nSPS) is 10.9. The molecule has 0 N–H and O–H groups in total. The molecule has 0 heterocycles. The van der Waals surface area contributed by atoms with E-state index in [1.54, 1.807) is 24.3 Å². The molecule has 0 fully saturated rings. The van der Waals surface area contributed by atoms with E-state index in [1.165, 1.54) is 0 Å². The SMILES string of the molecule is N#Cc1ccccc1/C(=C\C(=O)c1ccccc1)c1ccccc1. The summed E-state index contributed by atoms with van der Waals surface area (Å²) in [6.45, 7) is 0. The number of hydrogen-bond acceptors (Lipinski definition) is 2. The average molecular weight is 309 g/mol. The van der Waals surface area contributed by atoms with Crippen LogP contribution in [0.5, 0.6) is 0 Å². The molecule has 0 saturated heterocycles. The molecule has 0 bridgehead atoms. The number of nitrogens with zero attached hydrogens (tertiary/aromatic N) is 1. The summed E-state index contributed by atoms with van der Waals surface area (Å²) >= 11 is 0. The molecule has 114 valence electrons. The van der Waals surface area contributed by atoms with E-state index in [0.717, 1.165) is 16.7 Å². The standard InChI is InChI=1S/C22H15NO/c23-16-19-13-7-8-14-20(19)21(17-9-3-1-4-10-17)15-22(24)18-11-5-2-6-12-18/h1-15H/b21-15-. The molecule has 2 nitrogen and oxygen atoms in total. The lowest BCUT2D eigenvalue weighted by molar-refractivity contribution is 0.104. The van der Waals surface area contributed by atoms with Crippen molar-refractivity contribution in [2.24, 2.45) is 0 Å². The lowest BCUT2D eigenvalue weighted by Gasteiger charge is -2.10. The molecule has 0 saturated carbocycles. The molecule has 2 heteroatoms. The predicted molar refractivity (Wildman–Crippen MR) is 95.5 cm³/mol. The van der Waals surface area contributed by atoms with Crippen LogP contribution in [0.1, 0.15) is 27.0 Å². The van der Waals surface area contributed by atoms with Gasteiger partial charge in [0.25, 0.3) is 0 Å². The second-order valence-corrected chi connectivity index (χ2v) is 5.31. The first-order chi connectivity index (χ1) is 11.8. The van der Waals surface area contributed by atoms with Crippen molar-refractivity contribution in [3.63, 3.8) is 0 Å². The maximum atomic E-state index is 12.6. The van der Waals surface area contributed by atoms with Crippen LogP contribution in [-0.2, 0) is 0 Å². The summed E-state index contributed by atoms with van der Waals surface area (Å²) in [6.07, 6.45) is 1.61. The van der Waals surface area contributed by atoms with E-state index < -0.39 is 0 Å². The number of benzene rings is 3. The largest absolute Gasteiger partial charge is 0.289 e. The first-order valence-corrected chi connectivity index (χ1v) is 7.65. The van der Waals surface area contributed by atoms with Crippen molar-refractivity contribution in [2.45, 2.75) is 0 Å². The zero-order valence-corrected chi connectivity index (χ0v) is 13.0. The Labute approximate surface area is 141 Å². The van der Waals surface area contributed by atoms with Crippen LogP contribution in [-0.4, -0.2) is 5.78 Å². The molecule has 24 heavy (non-hydrogen) atoms. The van der Waals surface area contributed by atoms with Crippen LogP contribution in [0.2, 0.25) is 0 Å². The zero-order valence-electron chi connectivity index (χ0n) is 13.0. The van der Waals surface area contributed by atoms with Gasteiger partial charge < -0.3 is 0 Å². The molecule has 3 aromatic carbocycles. The van der Waals surface area contributed by atoms with Crippen LogP contribution < -0.4 is 0 Å². The van der Waals surface area contributed by atoms with Crippen molar-refractivity contribution in [3.05, 3.63) is 113 Å². The van der Waals surface area contributed by atoms with Gasteiger partial charge in [0.05, 0.1) is 11.6 Å². The van der Waals surface area contributed by atoms with Gasteiger partial charge in [-0.3, -0.25) is 4.79 Å². The van der Waals surface area contributed by atoms with E-state index >= 15 is 0 Å². The van der Waals surface area contributed by atoms with Crippen molar-refractivity contribution in [1.29, 1.82) is 5.26 Å². The lowest BCUT2D eigenvalue weighted by atomic mass is 9.92. The highest BCUT2D eigenvalue weighted by atomic mass is 16.1. The van der Waals surface area contributed by atoms with Gasteiger partial charge in [0.15, 0.2) is 5.78 Å². The maximum absolute atomic E-state index is 12.6. The average Bonchev–Trinajstić information content (AvgIpc) is 2.67. The van der Waals surface area contributed by atoms with Crippen molar-refractivity contribution >= 4 is 11.4 Å². The summed E-state index contributed by atoms with van der Waals surface area (Å²) in [4.78, 5) is 12.6. The summed E-state index contributed by atoms with van der Waals surface area (Å²) in [5.41, 5.74) is 3.59. The molecule has 0 aliphatic heterocycles. The highest BCUT2D eigenvalue weighted by Crippen LogP contribution is 2.26. The first-order valence-electron chi connectivity index (χ1n) is 7.65. The molecular formula is C22H15NO. The van der Waals surface area contributed by atoms with E-state index in [4.69, 9.17) is 0 Å². The quantitative estimate of drug-likeness (QED) is 0.509. The number of hydrogen-bond donors (Lipinski definition) is 0. The van der Waals surface area contributed by atoms with Crippen LogP contribution in [0.4, 0.5) is 0 Å². The molecule has 0 radical (unpaired) electrons. The third-order valence-corrected chi connectivity index (χ3v) is 3.76. The van der Waals surface area contributed by atoms with Gasteiger partial charge in [-0.25, -0.2) is 0 Å². The number of nitriles is 1. The summed E-state index contributed by atoms with van der Waals surface area (Å²) in [5, 5.41) is 9.40. The molecule has 0 aromatic heterocycles. The minimum atomic E-state index is -0.0813. The second kappa shape index (κ2) is 7.21. The first kappa shape index (κ1) is 15.5. The second-order valence-electron chi connectivity index (χ2n) is 5.31. The van der Waals surface area contributed by atoms with Gasteiger partial charge in [-0.05, 0) is 23.3 Å². The monoisotopic (exact) mass is 309 g/mol. The number of carbonyl (C=O) groups is 1. The molecule has 0 aliphatic carbocycles. The molecule has 3 aromatic rings. The van der Waals surface area contributed by atoms with Crippen LogP contribution >= 0.6 is 0 Å². The zero-order chi connectivity index (χ0) is 16.8. The Hall–Kier alpha value is -3.44.